The van der Waals surface area contributed by atoms with Gasteiger partial charge < -0.3 is 10.6 Å². The van der Waals surface area contributed by atoms with Crippen LogP contribution in [0.4, 0.5) is 31.1 Å². The number of alkyl halides is 6. The molecule has 1 aromatic heterocycles. The number of amides is 2. The molecule has 174 valence electrons. The minimum absolute atomic E-state index is 0.00899. The molecule has 0 bridgehead atoms. The molecule has 33 heavy (non-hydrogen) atoms. The molecular weight excluding hydrogens is 448 g/mol. The maximum absolute atomic E-state index is 13.6. The SMILES string of the molecule is C[C@H](NC(=O)N[C@@H](c1ccc(C(F)(F)F)cc1)c1ncccc1C(F)(F)F)c1ccccc1. The summed E-state index contributed by atoms with van der Waals surface area (Å²) < 4.78 is 79.6. The summed E-state index contributed by atoms with van der Waals surface area (Å²) in [6.07, 6.45) is -8.29. The van der Waals surface area contributed by atoms with E-state index in [2.05, 4.69) is 15.6 Å². The van der Waals surface area contributed by atoms with Gasteiger partial charge in [0.05, 0.1) is 28.9 Å². The Bertz CT molecular complexity index is 1080. The Kier molecular flexibility index (Phi) is 6.95. The van der Waals surface area contributed by atoms with Gasteiger partial charge in [-0.05, 0) is 42.3 Å². The Morgan fingerprint density at radius 1 is 0.788 bits per heavy atom. The summed E-state index contributed by atoms with van der Waals surface area (Å²) in [4.78, 5) is 16.5. The molecule has 0 fully saturated rings. The summed E-state index contributed by atoms with van der Waals surface area (Å²) >= 11 is 0. The first kappa shape index (κ1) is 24.1. The summed E-state index contributed by atoms with van der Waals surface area (Å²) in [7, 11) is 0. The van der Waals surface area contributed by atoms with Gasteiger partial charge in [0.15, 0.2) is 0 Å². The molecule has 0 saturated heterocycles. The quantitative estimate of drug-likeness (QED) is 0.435. The molecule has 4 nitrogen and oxygen atoms in total. The lowest BCUT2D eigenvalue weighted by molar-refractivity contribution is -0.139. The third-order valence-corrected chi connectivity index (χ3v) is 4.91. The van der Waals surface area contributed by atoms with Crippen molar-refractivity contribution in [1.82, 2.24) is 15.6 Å². The smallest absolute Gasteiger partial charge is 0.332 e. The van der Waals surface area contributed by atoms with Gasteiger partial charge in [-0.15, -0.1) is 0 Å². The van der Waals surface area contributed by atoms with Crippen molar-refractivity contribution in [3.05, 3.63) is 101 Å². The minimum atomic E-state index is -4.79. The molecule has 0 saturated carbocycles. The molecule has 0 aliphatic carbocycles. The third kappa shape index (κ3) is 6.03. The van der Waals surface area contributed by atoms with Gasteiger partial charge >= 0.3 is 18.4 Å². The van der Waals surface area contributed by atoms with E-state index in [1.54, 1.807) is 37.3 Å². The average molecular weight is 467 g/mol. The van der Waals surface area contributed by atoms with Crippen LogP contribution in [0, 0.1) is 0 Å². The highest BCUT2D eigenvalue weighted by Gasteiger charge is 2.37. The fraction of sp³-hybridized carbons (Fsp3) is 0.217. The molecule has 0 aliphatic rings. The van der Waals surface area contributed by atoms with Gasteiger partial charge in [-0.3, -0.25) is 4.98 Å². The van der Waals surface area contributed by atoms with Crippen molar-refractivity contribution in [2.45, 2.75) is 31.4 Å². The van der Waals surface area contributed by atoms with Gasteiger partial charge in [0.2, 0.25) is 0 Å². The molecule has 0 unspecified atom stereocenters. The average Bonchev–Trinajstić information content (AvgIpc) is 2.77. The number of urea groups is 1. The first-order valence-electron chi connectivity index (χ1n) is 9.78. The lowest BCUT2D eigenvalue weighted by Gasteiger charge is -2.24. The summed E-state index contributed by atoms with van der Waals surface area (Å²) in [6.45, 7) is 1.68. The van der Waals surface area contributed by atoms with Gasteiger partial charge in [-0.2, -0.15) is 26.3 Å². The van der Waals surface area contributed by atoms with Gasteiger partial charge in [-0.25, -0.2) is 4.79 Å². The molecular formula is C23H19F6N3O. The van der Waals surface area contributed by atoms with Gasteiger partial charge in [0.25, 0.3) is 0 Å². The Morgan fingerprint density at radius 3 is 2.00 bits per heavy atom. The second-order valence-electron chi connectivity index (χ2n) is 7.24. The van der Waals surface area contributed by atoms with Crippen molar-refractivity contribution < 1.29 is 31.1 Å². The van der Waals surface area contributed by atoms with Crippen LogP contribution in [-0.2, 0) is 12.4 Å². The van der Waals surface area contributed by atoms with Crippen molar-refractivity contribution in [1.29, 1.82) is 0 Å². The van der Waals surface area contributed by atoms with E-state index in [4.69, 9.17) is 0 Å². The summed E-state index contributed by atoms with van der Waals surface area (Å²) in [5, 5.41) is 5.05. The standard InChI is InChI=1S/C23H19F6N3O/c1-14(15-6-3-2-4-7-15)31-21(33)32-19(16-9-11-17(12-10-16)22(24,25)26)20-18(23(27,28)29)8-5-13-30-20/h2-14,19H,1H3,(H2,31,32,33)/t14-,19-/m0/s1. The monoisotopic (exact) mass is 467 g/mol. The van der Waals surface area contributed by atoms with E-state index in [0.717, 1.165) is 48.2 Å². The van der Waals surface area contributed by atoms with Gasteiger partial charge in [0.1, 0.15) is 0 Å². The highest BCUT2D eigenvalue weighted by atomic mass is 19.4. The maximum Gasteiger partial charge on any atom is 0.418 e. The van der Waals surface area contributed by atoms with Crippen molar-refractivity contribution in [3.8, 4) is 0 Å². The molecule has 3 aromatic rings. The molecule has 0 aliphatic heterocycles. The topological polar surface area (TPSA) is 54.0 Å². The first-order valence-corrected chi connectivity index (χ1v) is 9.78. The van der Waals surface area contributed by atoms with Crippen LogP contribution in [-0.4, -0.2) is 11.0 Å². The molecule has 2 N–H and O–H groups in total. The maximum atomic E-state index is 13.6. The molecule has 1 heterocycles. The van der Waals surface area contributed by atoms with Gasteiger partial charge in [-0.1, -0.05) is 42.5 Å². The Balaban J connectivity index is 1.95. The highest BCUT2D eigenvalue weighted by Crippen LogP contribution is 2.36. The van der Waals surface area contributed by atoms with E-state index in [9.17, 15) is 31.1 Å². The normalized spacial score (nSPS) is 13.8. The fourth-order valence-corrected chi connectivity index (χ4v) is 3.26. The number of rotatable bonds is 5. The van der Waals surface area contributed by atoms with E-state index in [0.29, 0.717) is 0 Å². The number of hydrogen-bond acceptors (Lipinski definition) is 2. The molecule has 2 atom stereocenters. The predicted octanol–water partition coefficient (Wildman–Crippen LogP) is 6.27. The molecule has 2 amide bonds. The van der Waals surface area contributed by atoms with E-state index in [-0.39, 0.29) is 5.56 Å². The second kappa shape index (κ2) is 9.51. The largest absolute Gasteiger partial charge is 0.418 e. The zero-order valence-corrected chi connectivity index (χ0v) is 17.2. The fourth-order valence-electron chi connectivity index (χ4n) is 3.26. The van der Waals surface area contributed by atoms with Crippen molar-refractivity contribution in [3.63, 3.8) is 0 Å². The van der Waals surface area contributed by atoms with Crippen molar-refractivity contribution in [2.24, 2.45) is 0 Å². The Morgan fingerprint density at radius 2 is 1.42 bits per heavy atom. The number of pyridine rings is 1. The van der Waals surface area contributed by atoms with Crippen LogP contribution in [0.5, 0.6) is 0 Å². The number of nitrogens with one attached hydrogen (secondary N) is 2. The summed E-state index contributed by atoms with van der Waals surface area (Å²) in [6, 6.07) is 11.5. The zero-order valence-electron chi connectivity index (χ0n) is 17.2. The first-order chi connectivity index (χ1) is 15.5. The molecule has 0 radical (unpaired) electrons. The zero-order chi connectivity index (χ0) is 24.2. The van der Waals surface area contributed by atoms with Gasteiger partial charge in [0, 0.05) is 6.20 Å². The number of halogens is 6. The number of aromatic nitrogens is 1. The third-order valence-electron chi connectivity index (χ3n) is 4.91. The van der Waals surface area contributed by atoms with Crippen LogP contribution < -0.4 is 10.6 Å². The Hall–Kier alpha value is -3.56. The van der Waals surface area contributed by atoms with Crippen molar-refractivity contribution >= 4 is 6.03 Å². The number of nitrogens with zero attached hydrogens (tertiary/aromatic N) is 1. The highest BCUT2D eigenvalue weighted by molar-refractivity contribution is 5.75. The second-order valence-corrected chi connectivity index (χ2v) is 7.24. The minimum Gasteiger partial charge on any atom is -0.332 e. The molecule has 10 heteroatoms. The summed E-state index contributed by atoms with van der Waals surface area (Å²) in [5.41, 5.74) is -1.84. The number of carbonyl (C=O) groups is 1. The van der Waals surface area contributed by atoms with E-state index in [1.165, 1.54) is 0 Å². The van der Waals surface area contributed by atoms with Crippen LogP contribution in [0.25, 0.3) is 0 Å². The van der Waals surface area contributed by atoms with Crippen LogP contribution >= 0.6 is 0 Å². The number of hydrogen-bond donors (Lipinski definition) is 2. The molecule has 3 rings (SSSR count). The lowest BCUT2D eigenvalue weighted by Crippen LogP contribution is -2.40. The number of benzene rings is 2. The van der Waals surface area contributed by atoms with E-state index < -0.39 is 47.3 Å². The summed E-state index contributed by atoms with van der Waals surface area (Å²) in [5.74, 6) is 0. The van der Waals surface area contributed by atoms with Crippen LogP contribution in [0.1, 0.15) is 47.0 Å². The molecule has 0 spiro atoms. The predicted molar refractivity (Wildman–Crippen MR) is 109 cm³/mol. The van der Waals surface area contributed by atoms with Crippen LogP contribution in [0.2, 0.25) is 0 Å². The Labute approximate surface area is 185 Å². The van der Waals surface area contributed by atoms with E-state index in [1.807, 2.05) is 0 Å². The van der Waals surface area contributed by atoms with Crippen LogP contribution in [0.3, 0.4) is 0 Å². The van der Waals surface area contributed by atoms with Crippen LogP contribution in [0.15, 0.2) is 72.9 Å². The molecule has 2 aromatic carbocycles. The van der Waals surface area contributed by atoms with Crippen molar-refractivity contribution in [2.75, 3.05) is 0 Å². The lowest BCUT2D eigenvalue weighted by atomic mass is 9.98. The number of carbonyl (C=O) groups excluding carboxylic acids is 1. The van der Waals surface area contributed by atoms with E-state index >= 15 is 0 Å².